The molecule has 0 bridgehead atoms. The number of sulfone groups is 1. The fourth-order valence-electron chi connectivity index (χ4n) is 4.78. The normalized spacial score (nSPS) is 18.1. The molecule has 5 rings (SSSR count). The molecule has 37 heavy (non-hydrogen) atoms. The third kappa shape index (κ3) is 5.22. The minimum absolute atomic E-state index is 0.0186. The number of pyridine rings is 1. The topological polar surface area (TPSA) is 121 Å². The lowest BCUT2D eigenvalue weighted by Crippen LogP contribution is -2.27. The summed E-state index contributed by atoms with van der Waals surface area (Å²) >= 11 is 0. The predicted octanol–water partition coefficient (Wildman–Crippen LogP) is 3.59. The Morgan fingerprint density at radius 1 is 1.05 bits per heavy atom. The zero-order valence-corrected chi connectivity index (χ0v) is 21.9. The van der Waals surface area contributed by atoms with Gasteiger partial charge >= 0.3 is 0 Å². The van der Waals surface area contributed by atoms with E-state index in [1.807, 2.05) is 19.2 Å². The van der Waals surface area contributed by atoms with Crippen molar-refractivity contribution in [1.82, 2.24) is 24.5 Å². The Kier molecular flexibility index (Phi) is 6.72. The summed E-state index contributed by atoms with van der Waals surface area (Å²) in [4.78, 5) is 16.4. The summed E-state index contributed by atoms with van der Waals surface area (Å²) in [7, 11) is -1.67. The molecule has 1 aromatic carbocycles. The maximum Gasteiger partial charge on any atom is 0.266 e. The highest BCUT2D eigenvalue weighted by atomic mass is 32.2. The number of aryl methyl sites for hydroxylation is 1. The van der Waals surface area contributed by atoms with Gasteiger partial charge in [-0.05, 0) is 44.7 Å². The lowest BCUT2D eigenvalue weighted by atomic mass is 9.93. The highest BCUT2D eigenvalue weighted by Gasteiger charge is 2.27. The first-order valence-electron chi connectivity index (χ1n) is 12.4. The fraction of sp³-hybridized carbons (Fsp3) is 0.385. The predicted molar refractivity (Wildman–Crippen MR) is 142 cm³/mol. The van der Waals surface area contributed by atoms with E-state index >= 15 is 0 Å². The molecular formula is C26H30N6O4S. The van der Waals surface area contributed by atoms with Crippen molar-refractivity contribution in [2.45, 2.75) is 49.6 Å². The summed E-state index contributed by atoms with van der Waals surface area (Å²) in [6.07, 6.45) is 6.46. The van der Waals surface area contributed by atoms with Gasteiger partial charge in [-0.25, -0.2) is 18.1 Å². The van der Waals surface area contributed by atoms with Crippen LogP contribution in [0.2, 0.25) is 0 Å². The van der Waals surface area contributed by atoms with Crippen LogP contribution >= 0.6 is 0 Å². The molecule has 0 aliphatic heterocycles. The molecule has 10 nitrogen and oxygen atoms in total. The number of benzene rings is 1. The largest absolute Gasteiger partial charge is 0.473 e. The molecule has 0 spiro atoms. The number of aromatic nitrogens is 5. The van der Waals surface area contributed by atoms with E-state index in [1.165, 1.54) is 17.0 Å². The lowest BCUT2D eigenvalue weighted by molar-refractivity contribution is 0.123. The SMILES string of the molecule is CCNc1cc2c(cn1)c(-c1ccc(S(C)(=O)=O)cc1)nn2C1CCC(Oc2ccc(=O)n(C)n2)CC1. The highest BCUT2D eigenvalue weighted by Crippen LogP contribution is 2.36. The van der Waals surface area contributed by atoms with Crippen LogP contribution in [0.5, 0.6) is 5.88 Å². The maximum atomic E-state index is 11.9. The van der Waals surface area contributed by atoms with E-state index < -0.39 is 9.84 Å². The van der Waals surface area contributed by atoms with Crippen LogP contribution in [-0.4, -0.2) is 51.9 Å². The molecule has 1 fully saturated rings. The minimum Gasteiger partial charge on any atom is -0.473 e. The van der Waals surface area contributed by atoms with Crippen LogP contribution in [0.3, 0.4) is 0 Å². The Labute approximate surface area is 215 Å². The second-order valence-electron chi connectivity index (χ2n) is 9.39. The Morgan fingerprint density at radius 2 is 1.78 bits per heavy atom. The second kappa shape index (κ2) is 9.97. The number of fused-ring (bicyclic) bond motifs is 1. The summed E-state index contributed by atoms with van der Waals surface area (Å²) in [6, 6.07) is 12.1. The van der Waals surface area contributed by atoms with E-state index in [1.54, 1.807) is 37.4 Å². The molecule has 1 aliphatic rings. The van der Waals surface area contributed by atoms with E-state index in [0.29, 0.717) is 5.88 Å². The molecule has 0 saturated heterocycles. The molecule has 11 heteroatoms. The van der Waals surface area contributed by atoms with E-state index in [0.717, 1.165) is 60.2 Å². The summed E-state index contributed by atoms with van der Waals surface area (Å²) in [5.41, 5.74) is 2.43. The van der Waals surface area contributed by atoms with Crippen molar-refractivity contribution in [2.24, 2.45) is 7.05 Å². The van der Waals surface area contributed by atoms with Crippen molar-refractivity contribution in [1.29, 1.82) is 0 Å². The van der Waals surface area contributed by atoms with Gasteiger partial charge in [0.1, 0.15) is 17.6 Å². The molecule has 0 amide bonds. The molecule has 1 aliphatic carbocycles. The van der Waals surface area contributed by atoms with Crippen LogP contribution in [0, 0.1) is 0 Å². The third-order valence-electron chi connectivity index (χ3n) is 6.72. The molecule has 0 unspecified atom stereocenters. The van der Waals surface area contributed by atoms with Crippen molar-refractivity contribution in [3.8, 4) is 17.1 Å². The number of anilines is 1. The number of rotatable bonds is 7. The first-order valence-corrected chi connectivity index (χ1v) is 14.3. The van der Waals surface area contributed by atoms with Crippen LogP contribution < -0.4 is 15.6 Å². The smallest absolute Gasteiger partial charge is 0.266 e. The van der Waals surface area contributed by atoms with Crippen molar-refractivity contribution >= 4 is 26.6 Å². The lowest BCUT2D eigenvalue weighted by Gasteiger charge is -2.29. The van der Waals surface area contributed by atoms with Gasteiger partial charge in [0, 0.05) is 55.2 Å². The average Bonchev–Trinajstić information content (AvgIpc) is 3.25. The van der Waals surface area contributed by atoms with Gasteiger partial charge in [-0.1, -0.05) is 12.1 Å². The van der Waals surface area contributed by atoms with Gasteiger partial charge in [0.25, 0.3) is 5.56 Å². The minimum atomic E-state index is -3.28. The molecule has 1 saturated carbocycles. The first-order chi connectivity index (χ1) is 17.7. The zero-order chi connectivity index (χ0) is 26.2. The second-order valence-corrected chi connectivity index (χ2v) is 11.4. The summed E-state index contributed by atoms with van der Waals surface area (Å²) in [6.45, 7) is 2.78. The zero-order valence-electron chi connectivity index (χ0n) is 21.1. The van der Waals surface area contributed by atoms with Gasteiger partial charge in [-0.2, -0.15) is 5.10 Å². The molecule has 3 heterocycles. The van der Waals surface area contributed by atoms with Crippen LogP contribution in [0.15, 0.2) is 58.4 Å². The number of nitrogens with zero attached hydrogens (tertiary/aromatic N) is 5. The summed E-state index contributed by atoms with van der Waals surface area (Å²) < 4.78 is 33.2. The quantitative estimate of drug-likeness (QED) is 0.391. The van der Waals surface area contributed by atoms with Crippen molar-refractivity contribution in [3.63, 3.8) is 0 Å². The standard InChI is InChI=1S/C26H30N6O4S/c1-4-27-23-15-22-21(16-28-23)26(17-5-11-20(12-6-17)37(3,34)35)30-32(22)18-7-9-19(10-8-18)36-24-13-14-25(33)31(2)29-24/h5-6,11-16,18-19H,4,7-10H2,1-3H3,(H,27,28). The van der Waals surface area contributed by atoms with Crippen LogP contribution in [-0.2, 0) is 16.9 Å². The van der Waals surface area contributed by atoms with E-state index in [2.05, 4.69) is 20.1 Å². The van der Waals surface area contributed by atoms with Crippen LogP contribution in [0.25, 0.3) is 22.2 Å². The van der Waals surface area contributed by atoms with E-state index in [-0.39, 0.29) is 22.6 Å². The Balaban J connectivity index is 1.43. The van der Waals surface area contributed by atoms with Gasteiger partial charge in [-0.15, -0.1) is 5.10 Å². The van der Waals surface area contributed by atoms with Crippen LogP contribution in [0.4, 0.5) is 5.82 Å². The molecule has 3 aromatic heterocycles. The molecular weight excluding hydrogens is 492 g/mol. The molecule has 194 valence electrons. The number of hydrogen-bond acceptors (Lipinski definition) is 8. The van der Waals surface area contributed by atoms with Crippen molar-refractivity contribution in [3.05, 3.63) is 59.0 Å². The number of ether oxygens (including phenoxy) is 1. The molecule has 1 N–H and O–H groups in total. The van der Waals surface area contributed by atoms with Gasteiger partial charge < -0.3 is 10.1 Å². The van der Waals surface area contributed by atoms with Gasteiger partial charge in [-0.3, -0.25) is 9.48 Å². The van der Waals surface area contributed by atoms with E-state index in [9.17, 15) is 13.2 Å². The first kappa shape index (κ1) is 24.9. The van der Waals surface area contributed by atoms with Crippen LogP contribution in [0.1, 0.15) is 38.6 Å². The Hall–Kier alpha value is -3.73. The van der Waals surface area contributed by atoms with Gasteiger partial charge in [0.2, 0.25) is 5.88 Å². The number of nitrogens with one attached hydrogen (secondary N) is 1. The Morgan fingerprint density at radius 3 is 2.43 bits per heavy atom. The Bertz CT molecular complexity index is 1590. The third-order valence-corrected chi connectivity index (χ3v) is 7.85. The van der Waals surface area contributed by atoms with Crippen molar-refractivity contribution in [2.75, 3.05) is 18.1 Å². The fourth-order valence-corrected chi connectivity index (χ4v) is 5.41. The van der Waals surface area contributed by atoms with Gasteiger partial charge in [0.05, 0.1) is 16.5 Å². The highest BCUT2D eigenvalue weighted by molar-refractivity contribution is 7.90. The van der Waals surface area contributed by atoms with Gasteiger partial charge in [0.15, 0.2) is 9.84 Å². The monoisotopic (exact) mass is 522 g/mol. The molecule has 0 atom stereocenters. The summed E-state index contributed by atoms with van der Waals surface area (Å²) in [5.74, 6) is 1.24. The average molecular weight is 523 g/mol. The van der Waals surface area contributed by atoms with E-state index in [4.69, 9.17) is 9.84 Å². The molecule has 4 aromatic rings. The summed E-state index contributed by atoms with van der Waals surface area (Å²) in [5, 5.41) is 13.4. The maximum absolute atomic E-state index is 11.9. The molecule has 0 radical (unpaired) electrons. The van der Waals surface area contributed by atoms with Crippen molar-refractivity contribution < 1.29 is 13.2 Å². The number of hydrogen-bond donors (Lipinski definition) is 1.